The fourth-order valence-electron chi connectivity index (χ4n) is 6.18. The Morgan fingerprint density at radius 1 is 1.24 bits per heavy atom. The molecule has 0 aliphatic carbocycles. The Bertz CT molecular complexity index is 1130. The Labute approximate surface area is 198 Å². The Balaban J connectivity index is 1.52. The number of likely N-dealkylation sites (tertiary alicyclic amines) is 1. The summed E-state index contributed by atoms with van der Waals surface area (Å²) in [6.45, 7) is 3.51. The van der Waals surface area contributed by atoms with Crippen molar-refractivity contribution in [3.8, 4) is 0 Å². The molecule has 2 aromatic rings. The summed E-state index contributed by atoms with van der Waals surface area (Å²) >= 11 is 0. The maximum atomic E-state index is 13.8. The van der Waals surface area contributed by atoms with Crippen molar-refractivity contribution in [3.63, 3.8) is 0 Å². The van der Waals surface area contributed by atoms with Crippen LogP contribution in [-0.4, -0.2) is 64.8 Å². The van der Waals surface area contributed by atoms with Gasteiger partial charge >= 0.3 is 5.97 Å². The van der Waals surface area contributed by atoms with Crippen molar-refractivity contribution in [2.24, 2.45) is 11.8 Å². The van der Waals surface area contributed by atoms with E-state index in [2.05, 4.69) is 5.32 Å². The molecular weight excluding hydrogens is 436 g/mol. The van der Waals surface area contributed by atoms with Crippen molar-refractivity contribution < 1.29 is 29.0 Å². The number of nitrogens with one attached hydrogen (secondary N) is 1. The molecule has 0 aromatic heterocycles. The number of carbonyl (C=O) groups excluding carboxylic acids is 3. The first kappa shape index (κ1) is 22.8. The number of carbonyl (C=O) groups is 3. The summed E-state index contributed by atoms with van der Waals surface area (Å²) in [5, 5.41) is 15.1. The van der Waals surface area contributed by atoms with E-state index in [1.807, 2.05) is 49.4 Å². The number of hydrogen-bond donors (Lipinski definition) is 2. The minimum atomic E-state index is -1.11. The van der Waals surface area contributed by atoms with Crippen molar-refractivity contribution in [2.45, 2.75) is 56.9 Å². The summed E-state index contributed by atoms with van der Waals surface area (Å²) in [6, 6.07) is 12.0. The van der Waals surface area contributed by atoms with Gasteiger partial charge < -0.3 is 24.8 Å². The lowest BCUT2D eigenvalue weighted by Gasteiger charge is -2.36. The Morgan fingerprint density at radius 2 is 2.00 bits per heavy atom. The molecule has 0 saturated carbocycles. The fourth-order valence-corrected chi connectivity index (χ4v) is 6.18. The molecule has 6 atom stereocenters. The normalized spacial score (nSPS) is 30.4. The maximum Gasteiger partial charge on any atom is 0.312 e. The standard InChI is InChI=1S/C26H30N2O6/c1-3-18(14-29)28-22(23(30)27-17-10-9-15-7-5-6-8-16(15)13-17)26-12-11-19(34-26)20(21(26)24(28)31)25(32)33-4-2/h5-10,13,18-22,29H,3-4,11-12,14H2,1-2H3,(H,27,30)/t18-,19-,20+,21+,22-,26+/m0/s1. The average Bonchev–Trinajstić information content (AvgIpc) is 3.48. The molecular formula is C26H30N2O6. The third-order valence-corrected chi connectivity index (χ3v) is 7.64. The number of aliphatic hydroxyl groups is 1. The number of nitrogens with zero attached hydrogens (tertiary/aromatic N) is 1. The van der Waals surface area contributed by atoms with E-state index in [1.165, 1.54) is 4.90 Å². The van der Waals surface area contributed by atoms with E-state index in [1.54, 1.807) is 6.92 Å². The fraction of sp³-hybridized carbons (Fsp3) is 0.500. The summed E-state index contributed by atoms with van der Waals surface area (Å²) in [4.78, 5) is 41.8. The molecule has 2 amide bonds. The number of aliphatic hydroxyl groups excluding tert-OH is 1. The Kier molecular flexibility index (Phi) is 5.81. The molecule has 3 heterocycles. The molecule has 2 N–H and O–H groups in total. The van der Waals surface area contributed by atoms with Gasteiger partial charge in [-0.3, -0.25) is 14.4 Å². The summed E-state index contributed by atoms with van der Waals surface area (Å²) in [7, 11) is 0. The van der Waals surface area contributed by atoms with Crippen LogP contribution in [0, 0.1) is 11.8 Å². The molecule has 5 rings (SSSR count). The highest BCUT2D eigenvalue weighted by molar-refractivity contribution is 6.04. The molecule has 2 aromatic carbocycles. The van der Waals surface area contributed by atoms with Gasteiger partial charge in [-0.05, 0) is 49.1 Å². The van der Waals surface area contributed by atoms with Gasteiger partial charge in [-0.25, -0.2) is 0 Å². The summed E-state index contributed by atoms with van der Waals surface area (Å²) in [5.41, 5.74) is -0.495. The highest BCUT2D eigenvalue weighted by Crippen LogP contribution is 2.59. The molecule has 3 fully saturated rings. The first-order valence-corrected chi connectivity index (χ1v) is 12.0. The third kappa shape index (κ3) is 3.31. The van der Waals surface area contributed by atoms with Crippen molar-refractivity contribution in [3.05, 3.63) is 42.5 Å². The van der Waals surface area contributed by atoms with Gasteiger partial charge in [0.1, 0.15) is 11.6 Å². The quantitative estimate of drug-likeness (QED) is 0.608. The molecule has 3 aliphatic heterocycles. The largest absolute Gasteiger partial charge is 0.466 e. The second-order valence-electron chi connectivity index (χ2n) is 9.35. The molecule has 2 bridgehead atoms. The number of ether oxygens (including phenoxy) is 2. The van der Waals surface area contributed by atoms with Gasteiger partial charge in [0.15, 0.2) is 0 Å². The molecule has 8 nitrogen and oxygen atoms in total. The van der Waals surface area contributed by atoms with Crippen LogP contribution >= 0.6 is 0 Å². The van der Waals surface area contributed by atoms with Gasteiger partial charge in [0.05, 0.1) is 37.2 Å². The zero-order valence-electron chi connectivity index (χ0n) is 19.4. The second-order valence-corrected chi connectivity index (χ2v) is 9.35. The highest BCUT2D eigenvalue weighted by Gasteiger charge is 2.75. The van der Waals surface area contributed by atoms with Crippen LogP contribution < -0.4 is 5.32 Å². The van der Waals surface area contributed by atoms with E-state index in [0.717, 1.165) is 10.8 Å². The predicted octanol–water partition coefficient (Wildman–Crippen LogP) is 2.49. The monoisotopic (exact) mass is 466 g/mol. The molecule has 0 radical (unpaired) electrons. The lowest BCUT2D eigenvalue weighted by atomic mass is 9.70. The molecule has 3 saturated heterocycles. The van der Waals surface area contributed by atoms with Crippen LogP contribution in [0.25, 0.3) is 10.8 Å². The number of rotatable bonds is 7. The molecule has 0 unspecified atom stereocenters. The Hall–Kier alpha value is -2.97. The first-order chi connectivity index (χ1) is 16.4. The van der Waals surface area contributed by atoms with Crippen molar-refractivity contribution in [2.75, 3.05) is 18.5 Å². The van der Waals surface area contributed by atoms with E-state index in [0.29, 0.717) is 24.9 Å². The zero-order chi connectivity index (χ0) is 24.0. The van der Waals surface area contributed by atoms with Crippen LogP contribution in [0.1, 0.15) is 33.1 Å². The Morgan fingerprint density at radius 3 is 2.71 bits per heavy atom. The van der Waals surface area contributed by atoms with Gasteiger partial charge in [0.25, 0.3) is 0 Å². The molecule has 3 aliphatic rings. The van der Waals surface area contributed by atoms with Crippen LogP contribution in [0.5, 0.6) is 0 Å². The van der Waals surface area contributed by atoms with Crippen LogP contribution in [0.4, 0.5) is 5.69 Å². The first-order valence-electron chi connectivity index (χ1n) is 12.0. The van der Waals surface area contributed by atoms with E-state index < -0.39 is 41.6 Å². The minimum absolute atomic E-state index is 0.208. The van der Waals surface area contributed by atoms with Crippen molar-refractivity contribution in [1.82, 2.24) is 4.90 Å². The lowest BCUT2D eigenvalue weighted by Crippen LogP contribution is -2.56. The average molecular weight is 467 g/mol. The molecule has 180 valence electrons. The number of fused-ring (bicyclic) bond motifs is 2. The van der Waals surface area contributed by atoms with Gasteiger partial charge in [-0.15, -0.1) is 0 Å². The summed E-state index contributed by atoms with van der Waals surface area (Å²) in [5.74, 6) is -2.68. The van der Waals surface area contributed by atoms with Crippen molar-refractivity contribution >= 4 is 34.2 Å². The van der Waals surface area contributed by atoms with Gasteiger partial charge in [0, 0.05) is 5.69 Å². The number of amides is 2. The SMILES string of the molecule is CCOC(=O)[C@@H]1[C@@H]2CC[C@]3(O2)[C@H](C(=O)Nc2ccc4ccccc4c2)N([C@@H](CC)CO)C(=O)[C@@H]13. The molecule has 34 heavy (non-hydrogen) atoms. The van der Waals surface area contributed by atoms with Gasteiger partial charge in [-0.1, -0.05) is 37.3 Å². The highest BCUT2D eigenvalue weighted by atomic mass is 16.6. The van der Waals surface area contributed by atoms with E-state index in [9.17, 15) is 19.5 Å². The van der Waals surface area contributed by atoms with Crippen LogP contribution in [0.3, 0.4) is 0 Å². The maximum absolute atomic E-state index is 13.8. The number of anilines is 1. The second kappa shape index (κ2) is 8.67. The van der Waals surface area contributed by atoms with Crippen LogP contribution in [0.15, 0.2) is 42.5 Å². The minimum Gasteiger partial charge on any atom is -0.466 e. The van der Waals surface area contributed by atoms with Crippen LogP contribution in [-0.2, 0) is 23.9 Å². The number of hydrogen-bond acceptors (Lipinski definition) is 6. The van der Waals surface area contributed by atoms with Gasteiger partial charge in [0.2, 0.25) is 11.8 Å². The third-order valence-electron chi connectivity index (χ3n) is 7.64. The van der Waals surface area contributed by atoms with Crippen molar-refractivity contribution in [1.29, 1.82) is 0 Å². The van der Waals surface area contributed by atoms with E-state index in [4.69, 9.17) is 9.47 Å². The summed E-state index contributed by atoms with van der Waals surface area (Å²) in [6.07, 6.45) is 1.10. The van der Waals surface area contributed by atoms with E-state index >= 15 is 0 Å². The molecule has 1 spiro atoms. The van der Waals surface area contributed by atoms with Crippen LogP contribution in [0.2, 0.25) is 0 Å². The van der Waals surface area contributed by atoms with Gasteiger partial charge in [-0.2, -0.15) is 0 Å². The summed E-state index contributed by atoms with van der Waals surface area (Å²) < 4.78 is 11.6. The lowest BCUT2D eigenvalue weighted by molar-refractivity contribution is -0.155. The zero-order valence-corrected chi connectivity index (χ0v) is 19.4. The number of benzene rings is 2. The van der Waals surface area contributed by atoms with E-state index in [-0.39, 0.29) is 25.0 Å². The predicted molar refractivity (Wildman–Crippen MR) is 125 cm³/mol. The number of esters is 1. The topological polar surface area (TPSA) is 105 Å². The smallest absolute Gasteiger partial charge is 0.312 e. The molecule has 8 heteroatoms.